The van der Waals surface area contributed by atoms with Gasteiger partial charge in [-0.1, -0.05) is 25.3 Å². The molecule has 0 aliphatic heterocycles. The van der Waals surface area contributed by atoms with E-state index >= 15 is 0 Å². The van der Waals surface area contributed by atoms with E-state index in [1.165, 1.54) is 32.1 Å². The number of hydrogen-bond acceptors (Lipinski definition) is 3. The lowest BCUT2D eigenvalue weighted by Crippen LogP contribution is -2.44. The molecule has 2 rings (SSSR count). The van der Waals surface area contributed by atoms with Gasteiger partial charge in [0, 0.05) is 24.8 Å². The molecule has 0 bridgehead atoms. The molecule has 0 aromatic carbocycles. The van der Waals surface area contributed by atoms with Gasteiger partial charge in [-0.2, -0.15) is 0 Å². The zero-order valence-electron chi connectivity index (χ0n) is 13.1. The summed E-state index contributed by atoms with van der Waals surface area (Å²) < 4.78 is 5.06. The molecule has 2 N–H and O–H groups in total. The number of nitrogens with zero attached hydrogens (tertiary/aromatic N) is 2. The van der Waals surface area contributed by atoms with Gasteiger partial charge in [-0.25, -0.2) is 9.98 Å². The van der Waals surface area contributed by atoms with Crippen LogP contribution in [0.3, 0.4) is 0 Å². The van der Waals surface area contributed by atoms with Crippen LogP contribution in [0.5, 0.6) is 5.88 Å². The zero-order chi connectivity index (χ0) is 14.9. The lowest BCUT2D eigenvalue weighted by atomic mass is 9.96. The second-order valence-corrected chi connectivity index (χ2v) is 5.38. The molecule has 116 valence electrons. The van der Waals surface area contributed by atoms with Crippen LogP contribution >= 0.6 is 0 Å². The lowest BCUT2D eigenvalue weighted by Gasteiger charge is -2.24. The van der Waals surface area contributed by atoms with E-state index in [-0.39, 0.29) is 0 Å². The standard InChI is InChI=1S/C16H26N4O/c1-3-17-16(20-14-7-5-4-6-8-14)19-12-13-9-10-15(21-2)18-11-13/h9-11,14H,3-8,12H2,1-2H3,(H2,17,19,20). The van der Waals surface area contributed by atoms with Crippen molar-refractivity contribution >= 4 is 5.96 Å². The predicted molar refractivity (Wildman–Crippen MR) is 85.6 cm³/mol. The monoisotopic (exact) mass is 290 g/mol. The molecule has 0 spiro atoms. The SMILES string of the molecule is CCNC(=NCc1ccc(OC)nc1)NC1CCCCC1. The molecular weight excluding hydrogens is 264 g/mol. The van der Waals surface area contributed by atoms with Crippen molar-refractivity contribution in [3.8, 4) is 5.88 Å². The second kappa shape index (κ2) is 8.49. The highest BCUT2D eigenvalue weighted by molar-refractivity contribution is 5.80. The average molecular weight is 290 g/mol. The Morgan fingerprint density at radius 3 is 2.76 bits per heavy atom. The maximum atomic E-state index is 5.06. The fraction of sp³-hybridized carbons (Fsp3) is 0.625. The number of ether oxygens (including phenoxy) is 1. The summed E-state index contributed by atoms with van der Waals surface area (Å²) in [5.74, 6) is 1.54. The van der Waals surface area contributed by atoms with Gasteiger partial charge >= 0.3 is 0 Å². The Morgan fingerprint density at radius 1 is 1.33 bits per heavy atom. The van der Waals surface area contributed by atoms with Gasteiger partial charge in [0.15, 0.2) is 5.96 Å². The fourth-order valence-corrected chi connectivity index (χ4v) is 2.56. The number of nitrogens with one attached hydrogen (secondary N) is 2. The maximum Gasteiger partial charge on any atom is 0.212 e. The van der Waals surface area contributed by atoms with Crippen LogP contribution < -0.4 is 15.4 Å². The van der Waals surface area contributed by atoms with E-state index in [2.05, 4.69) is 27.5 Å². The molecule has 1 saturated carbocycles. The van der Waals surface area contributed by atoms with Crippen LogP contribution in [0.1, 0.15) is 44.6 Å². The number of pyridine rings is 1. The molecule has 5 heteroatoms. The van der Waals surface area contributed by atoms with Gasteiger partial charge < -0.3 is 15.4 Å². The molecule has 1 aliphatic rings. The van der Waals surface area contributed by atoms with Crippen molar-refractivity contribution in [1.29, 1.82) is 0 Å². The molecule has 0 saturated heterocycles. The van der Waals surface area contributed by atoms with Crippen LogP contribution in [0, 0.1) is 0 Å². The van der Waals surface area contributed by atoms with E-state index in [1.807, 2.05) is 18.3 Å². The first-order valence-corrected chi connectivity index (χ1v) is 7.85. The minimum Gasteiger partial charge on any atom is -0.481 e. The molecule has 21 heavy (non-hydrogen) atoms. The molecule has 1 aromatic heterocycles. The van der Waals surface area contributed by atoms with E-state index in [4.69, 9.17) is 4.74 Å². The molecule has 0 atom stereocenters. The predicted octanol–water partition coefficient (Wildman–Crippen LogP) is 2.48. The Morgan fingerprint density at radius 2 is 2.14 bits per heavy atom. The molecular formula is C16H26N4O. The highest BCUT2D eigenvalue weighted by atomic mass is 16.5. The van der Waals surface area contributed by atoms with Gasteiger partial charge in [-0.15, -0.1) is 0 Å². The summed E-state index contributed by atoms with van der Waals surface area (Å²) >= 11 is 0. The smallest absolute Gasteiger partial charge is 0.212 e. The van der Waals surface area contributed by atoms with Crippen LogP contribution in [-0.2, 0) is 6.54 Å². The van der Waals surface area contributed by atoms with Crippen molar-refractivity contribution in [2.24, 2.45) is 4.99 Å². The zero-order valence-corrected chi connectivity index (χ0v) is 13.1. The van der Waals surface area contributed by atoms with Gasteiger partial charge in [0.1, 0.15) is 0 Å². The molecule has 1 aromatic rings. The third-order valence-electron chi connectivity index (χ3n) is 3.72. The molecule has 0 amide bonds. The molecule has 1 fully saturated rings. The summed E-state index contributed by atoms with van der Waals surface area (Å²) in [6.07, 6.45) is 8.30. The van der Waals surface area contributed by atoms with Gasteiger partial charge in [-0.3, -0.25) is 0 Å². The lowest BCUT2D eigenvalue weighted by molar-refractivity contribution is 0.397. The maximum absolute atomic E-state index is 5.06. The van der Waals surface area contributed by atoms with Crippen molar-refractivity contribution in [2.75, 3.05) is 13.7 Å². The van der Waals surface area contributed by atoms with Gasteiger partial charge in [0.2, 0.25) is 5.88 Å². The summed E-state index contributed by atoms with van der Waals surface area (Å²) in [4.78, 5) is 8.85. The fourth-order valence-electron chi connectivity index (χ4n) is 2.56. The van der Waals surface area contributed by atoms with Crippen molar-refractivity contribution in [1.82, 2.24) is 15.6 Å². The number of aromatic nitrogens is 1. The second-order valence-electron chi connectivity index (χ2n) is 5.38. The third-order valence-corrected chi connectivity index (χ3v) is 3.72. The van der Waals surface area contributed by atoms with Gasteiger partial charge in [-0.05, 0) is 25.3 Å². The van der Waals surface area contributed by atoms with Crippen LogP contribution in [-0.4, -0.2) is 30.6 Å². The third kappa shape index (κ3) is 5.25. The quantitative estimate of drug-likeness (QED) is 0.646. The number of hydrogen-bond donors (Lipinski definition) is 2. The largest absolute Gasteiger partial charge is 0.481 e. The van der Waals surface area contributed by atoms with Crippen molar-refractivity contribution < 1.29 is 4.74 Å². The molecule has 1 aliphatic carbocycles. The molecule has 5 nitrogen and oxygen atoms in total. The van der Waals surface area contributed by atoms with Gasteiger partial charge in [0.05, 0.1) is 13.7 Å². The van der Waals surface area contributed by atoms with Crippen LogP contribution in [0.4, 0.5) is 0 Å². The van der Waals surface area contributed by atoms with E-state index < -0.39 is 0 Å². The molecule has 0 unspecified atom stereocenters. The summed E-state index contributed by atoms with van der Waals surface area (Å²) in [5.41, 5.74) is 1.08. The van der Waals surface area contributed by atoms with Crippen LogP contribution in [0.2, 0.25) is 0 Å². The average Bonchev–Trinajstić information content (AvgIpc) is 2.54. The van der Waals surface area contributed by atoms with Crippen LogP contribution in [0.25, 0.3) is 0 Å². The Labute approximate surface area is 127 Å². The Hall–Kier alpha value is -1.78. The van der Waals surface area contributed by atoms with Crippen molar-refractivity contribution in [3.63, 3.8) is 0 Å². The van der Waals surface area contributed by atoms with E-state index in [1.54, 1.807) is 7.11 Å². The topological polar surface area (TPSA) is 58.5 Å². The van der Waals surface area contributed by atoms with Crippen molar-refractivity contribution in [3.05, 3.63) is 23.9 Å². The number of aliphatic imine (C=N–C) groups is 1. The number of methoxy groups -OCH3 is 1. The first-order chi connectivity index (χ1) is 10.3. The van der Waals surface area contributed by atoms with Gasteiger partial charge in [0.25, 0.3) is 0 Å². The number of guanidine groups is 1. The van der Waals surface area contributed by atoms with E-state index in [9.17, 15) is 0 Å². The van der Waals surface area contributed by atoms with Crippen molar-refractivity contribution in [2.45, 2.75) is 51.6 Å². The van der Waals surface area contributed by atoms with E-state index in [0.29, 0.717) is 18.5 Å². The Balaban J connectivity index is 1.92. The Kier molecular flexibility index (Phi) is 6.31. The Bertz CT molecular complexity index is 438. The molecule has 1 heterocycles. The van der Waals surface area contributed by atoms with Crippen LogP contribution in [0.15, 0.2) is 23.3 Å². The normalized spacial score (nSPS) is 16.6. The highest BCUT2D eigenvalue weighted by Gasteiger charge is 2.14. The summed E-state index contributed by atoms with van der Waals surface area (Å²) in [6, 6.07) is 4.43. The highest BCUT2D eigenvalue weighted by Crippen LogP contribution is 2.17. The number of rotatable bonds is 5. The molecule has 0 radical (unpaired) electrons. The summed E-state index contributed by atoms with van der Waals surface area (Å²) in [7, 11) is 1.62. The first-order valence-electron chi connectivity index (χ1n) is 7.85. The summed E-state index contributed by atoms with van der Waals surface area (Å²) in [5, 5.41) is 6.86. The minimum atomic E-state index is 0.561. The van der Waals surface area contributed by atoms with E-state index in [0.717, 1.165) is 18.1 Å². The minimum absolute atomic E-state index is 0.561. The summed E-state index contributed by atoms with van der Waals surface area (Å²) in [6.45, 7) is 3.59. The first kappa shape index (κ1) is 15.6.